The Morgan fingerprint density at radius 1 is 1.50 bits per heavy atom. The number of aromatic nitrogens is 1. The van der Waals surface area contributed by atoms with Crippen LogP contribution in [0.2, 0.25) is 10.0 Å². The van der Waals surface area contributed by atoms with Crippen LogP contribution in [-0.4, -0.2) is 37.8 Å². The van der Waals surface area contributed by atoms with E-state index in [1.165, 1.54) is 0 Å². The van der Waals surface area contributed by atoms with Gasteiger partial charge in [0.1, 0.15) is 11.6 Å². The number of halogens is 2. The van der Waals surface area contributed by atoms with Crippen molar-refractivity contribution in [1.29, 1.82) is 0 Å². The van der Waals surface area contributed by atoms with Gasteiger partial charge in [0.15, 0.2) is 0 Å². The van der Waals surface area contributed by atoms with E-state index in [-0.39, 0.29) is 0 Å². The Bertz CT molecular complexity index is 422. The summed E-state index contributed by atoms with van der Waals surface area (Å²) in [6.07, 6.45) is 0.994. The topological polar surface area (TPSA) is 37.4 Å². The molecule has 0 amide bonds. The second-order valence-corrected chi connectivity index (χ2v) is 5.10. The molecule has 0 aromatic carbocycles. The van der Waals surface area contributed by atoms with Crippen LogP contribution in [0.15, 0.2) is 6.07 Å². The lowest BCUT2D eigenvalue weighted by Gasteiger charge is -2.25. The molecule has 1 unspecified atom stereocenters. The molecule has 1 atom stereocenters. The van der Waals surface area contributed by atoms with Crippen molar-refractivity contribution in [3.05, 3.63) is 16.1 Å². The van der Waals surface area contributed by atoms with Gasteiger partial charge in [0, 0.05) is 20.2 Å². The van der Waals surface area contributed by atoms with Gasteiger partial charge in [-0.2, -0.15) is 0 Å². The number of hydrogen-bond acceptors (Lipinski definition) is 4. The van der Waals surface area contributed by atoms with Gasteiger partial charge in [-0.25, -0.2) is 4.98 Å². The Hall–Kier alpha value is -0.710. The minimum atomic E-state index is 0.325. The van der Waals surface area contributed by atoms with Crippen molar-refractivity contribution in [2.24, 2.45) is 0 Å². The second kappa shape index (κ2) is 5.95. The predicted octanol–water partition coefficient (Wildman–Crippen LogP) is 3.05. The molecule has 0 saturated carbocycles. The zero-order valence-corrected chi connectivity index (χ0v) is 12.1. The molecule has 0 aliphatic carbocycles. The first-order valence-electron chi connectivity index (χ1n) is 6.04. The summed E-state index contributed by atoms with van der Waals surface area (Å²) in [6, 6.07) is 2.06. The molecule has 6 heteroatoms. The fourth-order valence-electron chi connectivity index (χ4n) is 2.00. The number of ether oxygens (including phenoxy) is 1. The van der Waals surface area contributed by atoms with Crippen molar-refractivity contribution >= 4 is 34.8 Å². The molecule has 1 fully saturated rings. The number of hydrogen-bond donors (Lipinski definition) is 1. The lowest BCUT2D eigenvalue weighted by atomic mass is 10.2. The quantitative estimate of drug-likeness (QED) is 0.925. The van der Waals surface area contributed by atoms with Crippen molar-refractivity contribution in [2.75, 3.05) is 37.0 Å². The van der Waals surface area contributed by atoms with Crippen LogP contribution >= 0.6 is 23.2 Å². The van der Waals surface area contributed by atoms with Crippen LogP contribution in [0.1, 0.15) is 13.3 Å². The third-order valence-corrected chi connectivity index (χ3v) is 3.61. The lowest BCUT2D eigenvalue weighted by molar-refractivity contribution is 0.193. The van der Waals surface area contributed by atoms with E-state index in [0.717, 1.165) is 25.4 Å². The molecular weight excluding hydrogens is 273 g/mol. The van der Waals surface area contributed by atoms with Crippen molar-refractivity contribution in [1.82, 2.24) is 4.98 Å². The Balaban J connectivity index is 2.27. The van der Waals surface area contributed by atoms with Gasteiger partial charge < -0.3 is 15.0 Å². The first-order chi connectivity index (χ1) is 8.63. The van der Waals surface area contributed by atoms with Gasteiger partial charge in [0.25, 0.3) is 0 Å². The highest BCUT2D eigenvalue weighted by molar-refractivity contribution is 6.37. The van der Waals surface area contributed by atoms with Crippen LogP contribution in [0, 0.1) is 0 Å². The molecule has 18 heavy (non-hydrogen) atoms. The number of rotatable bonds is 4. The molecule has 2 rings (SSSR count). The van der Waals surface area contributed by atoms with Gasteiger partial charge >= 0.3 is 0 Å². The summed E-state index contributed by atoms with van der Waals surface area (Å²) < 4.78 is 5.39. The predicted molar refractivity (Wildman–Crippen MR) is 76.0 cm³/mol. The minimum absolute atomic E-state index is 0.325. The van der Waals surface area contributed by atoms with E-state index in [9.17, 15) is 0 Å². The van der Waals surface area contributed by atoms with Crippen LogP contribution in [-0.2, 0) is 4.74 Å². The smallest absolute Gasteiger partial charge is 0.150 e. The minimum Gasteiger partial charge on any atom is -0.379 e. The van der Waals surface area contributed by atoms with Crippen LogP contribution in [0.5, 0.6) is 0 Å². The van der Waals surface area contributed by atoms with Gasteiger partial charge in [0.05, 0.1) is 22.7 Å². The third kappa shape index (κ3) is 2.82. The van der Waals surface area contributed by atoms with E-state index in [0.29, 0.717) is 28.5 Å². The molecule has 0 radical (unpaired) electrons. The molecule has 100 valence electrons. The van der Waals surface area contributed by atoms with Gasteiger partial charge in [-0.05, 0) is 19.4 Å². The van der Waals surface area contributed by atoms with E-state index >= 15 is 0 Å². The van der Waals surface area contributed by atoms with Gasteiger partial charge in [0.2, 0.25) is 0 Å². The number of nitrogens with one attached hydrogen (secondary N) is 1. The first kappa shape index (κ1) is 13.7. The van der Waals surface area contributed by atoms with Crippen molar-refractivity contribution in [3.63, 3.8) is 0 Å². The molecule has 4 nitrogen and oxygen atoms in total. The fraction of sp³-hybridized carbons (Fsp3) is 0.583. The summed E-state index contributed by atoms with van der Waals surface area (Å²) in [5, 5.41) is 4.24. The third-order valence-electron chi connectivity index (χ3n) is 3.04. The number of anilines is 2. The van der Waals surface area contributed by atoms with Crippen LogP contribution in [0.3, 0.4) is 0 Å². The molecule has 1 N–H and O–H groups in total. The Kier molecular flexibility index (Phi) is 4.54. The van der Waals surface area contributed by atoms with E-state index in [1.807, 2.05) is 14.0 Å². The number of likely N-dealkylation sites (N-methyl/N-ethyl adjacent to an activating group) is 1. The van der Waals surface area contributed by atoms with Crippen LogP contribution in [0.25, 0.3) is 0 Å². The monoisotopic (exact) mass is 289 g/mol. The summed E-state index contributed by atoms with van der Waals surface area (Å²) >= 11 is 12.3. The Labute approximate surface area is 117 Å². The normalized spacial score (nSPS) is 19.0. The highest BCUT2D eigenvalue weighted by Gasteiger charge is 2.23. The average molecular weight is 290 g/mol. The van der Waals surface area contributed by atoms with Crippen molar-refractivity contribution < 1.29 is 4.74 Å². The highest BCUT2D eigenvalue weighted by atomic mass is 35.5. The average Bonchev–Trinajstić information content (AvgIpc) is 2.85. The second-order valence-electron chi connectivity index (χ2n) is 4.28. The molecule has 1 saturated heterocycles. The lowest BCUT2D eigenvalue weighted by Crippen LogP contribution is -2.32. The molecule has 1 aromatic heterocycles. The maximum absolute atomic E-state index is 6.22. The zero-order valence-electron chi connectivity index (χ0n) is 10.5. The summed E-state index contributed by atoms with van der Waals surface area (Å²) in [6.45, 7) is 4.28. The summed E-state index contributed by atoms with van der Waals surface area (Å²) in [7, 11) is 1.98. The molecule has 1 aromatic rings. The molecule has 2 heterocycles. The number of nitrogens with zero attached hydrogens (tertiary/aromatic N) is 2. The largest absolute Gasteiger partial charge is 0.379 e. The highest BCUT2D eigenvalue weighted by Crippen LogP contribution is 2.32. The maximum atomic E-state index is 6.22. The van der Waals surface area contributed by atoms with E-state index in [2.05, 4.69) is 15.2 Å². The summed E-state index contributed by atoms with van der Waals surface area (Å²) in [4.78, 5) is 6.56. The van der Waals surface area contributed by atoms with Gasteiger partial charge in [-0.15, -0.1) is 0 Å². The zero-order chi connectivity index (χ0) is 13.1. The fourth-order valence-corrected chi connectivity index (χ4v) is 2.55. The SMILES string of the molecule is CCNc1nc(N(C)C2CCOC2)c(Cl)cc1Cl. The molecule has 1 aliphatic heterocycles. The number of pyridine rings is 1. The van der Waals surface area contributed by atoms with Gasteiger partial charge in [-0.1, -0.05) is 23.2 Å². The molecule has 1 aliphatic rings. The van der Waals surface area contributed by atoms with E-state index in [1.54, 1.807) is 6.07 Å². The van der Waals surface area contributed by atoms with Crippen LogP contribution in [0.4, 0.5) is 11.6 Å². The summed E-state index contributed by atoms with van der Waals surface area (Å²) in [5.41, 5.74) is 0. The maximum Gasteiger partial charge on any atom is 0.150 e. The standard InChI is InChI=1S/C12H17Cl2N3O/c1-3-15-11-9(13)6-10(14)12(16-11)17(2)8-4-5-18-7-8/h6,8H,3-5,7H2,1-2H3,(H,15,16). The molecular formula is C12H17Cl2N3O. The van der Waals surface area contributed by atoms with Crippen molar-refractivity contribution in [2.45, 2.75) is 19.4 Å². The van der Waals surface area contributed by atoms with E-state index in [4.69, 9.17) is 27.9 Å². The Morgan fingerprint density at radius 3 is 2.89 bits per heavy atom. The molecule has 0 bridgehead atoms. The first-order valence-corrected chi connectivity index (χ1v) is 6.79. The van der Waals surface area contributed by atoms with Crippen molar-refractivity contribution in [3.8, 4) is 0 Å². The molecule has 0 spiro atoms. The van der Waals surface area contributed by atoms with Crippen LogP contribution < -0.4 is 10.2 Å². The summed E-state index contributed by atoms with van der Waals surface area (Å²) in [5.74, 6) is 1.41. The Morgan fingerprint density at radius 2 is 2.28 bits per heavy atom. The van der Waals surface area contributed by atoms with Gasteiger partial charge in [-0.3, -0.25) is 0 Å². The van der Waals surface area contributed by atoms with E-state index < -0.39 is 0 Å².